The zero-order valence-corrected chi connectivity index (χ0v) is 19.9. The van der Waals surface area contributed by atoms with E-state index in [9.17, 15) is 14.4 Å². The molecular formula is C23H20Cl2N2O4S. The minimum Gasteiger partial charge on any atom is -0.462 e. The summed E-state index contributed by atoms with van der Waals surface area (Å²) in [5.41, 5.74) is 2.30. The van der Waals surface area contributed by atoms with Crippen molar-refractivity contribution in [1.29, 1.82) is 0 Å². The molecule has 1 heterocycles. The van der Waals surface area contributed by atoms with Gasteiger partial charge in [0.25, 0.3) is 11.8 Å². The fraction of sp³-hybridized carbons (Fsp3) is 0.174. The summed E-state index contributed by atoms with van der Waals surface area (Å²) in [6.07, 6.45) is 0. The minimum atomic E-state index is -0.625. The quantitative estimate of drug-likeness (QED) is 0.394. The topological polar surface area (TPSA) is 84.5 Å². The van der Waals surface area contributed by atoms with Crippen molar-refractivity contribution in [3.05, 3.63) is 79.6 Å². The van der Waals surface area contributed by atoms with Gasteiger partial charge in [0.1, 0.15) is 5.00 Å². The van der Waals surface area contributed by atoms with Crippen molar-refractivity contribution in [1.82, 2.24) is 0 Å². The third-order valence-corrected chi connectivity index (χ3v) is 6.60. The first-order valence-electron chi connectivity index (χ1n) is 9.66. The molecule has 0 aliphatic heterocycles. The van der Waals surface area contributed by atoms with E-state index in [2.05, 4.69) is 10.6 Å². The van der Waals surface area contributed by atoms with E-state index in [1.165, 1.54) is 0 Å². The van der Waals surface area contributed by atoms with Crippen molar-refractivity contribution in [2.24, 2.45) is 0 Å². The lowest BCUT2D eigenvalue weighted by molar-refractivity contribution is 0.0527. The Hall–Kier alpha value is -2.87. The number of esters is 1. The molecule has 166 valence electrons. The summed E-state index contributed by atoms with van der Waals surface area (Å²) in [5, 5.41) is 6.17. The van der Waals surface area contributed by atoms with Crippen LogP contribution >= 0.6 is 34.5 Å². The van der Waals surface area contributed by atoms with Crippen molar-refractivity contribution in [3.8, 4) is 0 Å². The van der Waals surface area contributed by atoms with E-state index in [0.29, 0.717) is 21.8 Å². The number of halogens is 2. The van der Waals surface area contributed by atoms with Crippen LogP contribution in [-0.4, -0.2) is 24.4 Å². The number of thiophene rings is 1. The van der Waals surface area contributed by atoms with Gasteiger partial charge in [0, 0.05) is 5.56 Å². The monoisotopic (exact) mass is 490 g/mol. The number of ether oxygens (including phenoxy) is 1. The molecule has 0 aliphatic rings. The molecule has 0 saturated heterocycles. The minimum absolute atomic E-state index is 0.139. The van der Waals surface area contributed by atoms with Crippen molar-refractivity contribution in [3.63, 3.8) is 0 Å². The number of carbonyl (C=O) groups excluding carboxylic acids is 3. The predicted molar refractivity (Wildman–Crippen MR) is 129 cm³/mol. The maximum Gasteiger partial charge on any atom is 0.341 e. The summed E-state index contributed by atoms with van der Waals surface area (Å²) in [7, 11) is 0. The highest BCUT2D eigenvalue weighted by molar-refractivity contribution is 7.19. The molecule has 2 amide bonds. The van der Waals surface area contributed by atoms with Crippen molar-refractivity contribution in [2.45, 2.75) is 20.8 Å². The van der Waals surface area contributed by atoms with Crippen LogP contribution < -0.4 is 10.6 Å². The van der Waals surface area contributed by atoms with Crippen LogP contribution in [0.1, 0.15) is 48.4 Å². The molecule has 0 aliphatic carbocycles. The van der Waals surface area contributed by atoms with E-state index < -0.39 is 17.8 Å². The zero-order valence-electron chi connectivity index (χ0n) is 17.5. The summed E-state index contributed by atoms with van der Waals surface area (Å²) >= 11 is 13.2. The molecule has 0 unspecified atom stereocenters. The second-order valence-corrected chi connectivity index (χ2v) is 8.66. The van der Waals surface area contributed by atoms with Crippen LogP contribution in [0.5, 0.6) is 0 Å². The Bertz CT molecular complexity index is 1190. The van der Waals surface area contributed by atoms with Crippen LogP contribution in [0.25, 0.3) is 0 Å². The lowest BCUT2D eigenvalue weighted by Gasteiger charge is -2.08. The second kappa shape index (κ2) is 10.2. The van der Waals surface area contributed by atoms with Gasteiger partial charge in [-0.1, -0.05) is 47.0 Å². The Labute approximate surface area is 199 Å². The Morgan fingerprint density at radius 2 is 1.66 bits per heavy atom. The lowest BCUT2D eigenvalue weighted by atomic mass is 10.1. The molecule has 0 radical (unpaired) electrons. The van der Waals surface area contributed by atoms with Gasteiger partial charge in [-0.15, -0.1) is 11.3 Å². The maximum atomic E-state index is 13.0. The highest BCUT2D eigenvalue weighted by Gasteiger charge is 2.27. The van der Waals surface area contributed by atoms with Gasteiger partial charge in [-0.25, -0.2) is 4.79 Å². The first-order valence-corrected chi connectivity index (χ1v) is 11.2. The van der Waals surface area contributed by atoms with Gasteiger partial charge >= 0.3 is 5.97 Å². The third kappa shape index (κ3) is 5.12. The van der Waals surface area contributed by atoms with E-state index in [1.54, 1.807) is 44.2 Å². The smallest absolute Gasteiger partial charge is 0.341 e. The highest BCUT2D eigenvalue weighted by Crippen LogP contribution is 2.36. The van der Waals surface area contributed by atoms with Gasteiger partial charge in [0.05, 0.1) is 32.8 Å². The molecule has 3 aromatic rings. The van der Waals surface area contributed by atoms with Crippen LogP contribution in [-0.2, 0) is 4.74 Å². The molecule has 3 rings (SSSR count). The van der Waals surface area contributed by atoms with E-state index in [-0.39, 0.29) is 27.1 Å². The second-order valence-electron chi connectivity index (χ2n) is 6.86. The number of rotatable bonds is 6. The summed E-state index contributed by atoms with van der Waals surface area (Å²) in [6.45, 7) is 5.37. The van der Waals surface area contributed by atoms with Gasteiger partial charge in [-0.2, -0.15) is 0 Å². The lowest BCUT2D eigenvalue weighted by Crippen LogP contribution is -2.15. The molecule has 0 saturated carbocycles. The molecule has 32 heavy (non-hydrogen) atoms. The summed E-state index contributed by atoms with van der Waals surface area (Å²) in [4.78, 5) is 38.5. The number of benzene rings is 2. The van der Waals surface area contributed by atoms with Crippen LogP contribution in [0.2, 0.25) is 10.0 Å². The van der Waals surface area contributed by atoms with Gasteiger partial charge < -0.3 is 15.4 Å². The first kappa shape index (κ1) is 23.8. The standard InChI is InChI=1S/C23H20Cl2N2O4S/c1-4-31-23(30)17-13(3)19(21(29)26-16-7-5-6-15(24)18(16)25)32-22(17)27-20(28)14-10-8-12(2)9-11-14/h5-11H,4H2,1-3H3,(H,26,29)(H,27,28). The number of aryl methyl sites for hydroxylation is 1. The van der Waals surface area contributed by atoms with Gasteiger partial charge in [-0.05, 0) is 50.6 Å². The van der Waals surface area contributed by atoms with Crippen LogP contribution in [0.3, 0.4) is 0 Å². The van der Waals surface area contributed by atoms with Crippen molar-refractivity contribution < 1.29 is 19.1 Å². The molecule has 6 nitrogen and oxygen atoms in total. The highest BCUT2D eigenvalue weighted by atomic mass is 35.5. The summed E-state index contributed by atoms with van der Waals surface area (Å²) in [5.74, 6) is -1.51. The number of hydrogen-bond donors (Lipinski definition) is 2. The zero-order chi connectivity index (χ0) is 23.4. The molecule has 2 aromatic carbocycles. The Kier molecular flexibility index (Phi) is 7.56. The molecule has 0 atom stereocenters. The van der Waals surface area contributed by atoms with E-state index >= 15 is 0 Å². The number of hydrogen-bond acceptors (Lipinski definition) is 5. The van der Waals surface area contributed by atoms with E-state index in [0.717, 1.165) is 16.9 Å². The van der Waals surface area contributed by atoms with Crippen LogP contribution in [0, 0.1) is 13.8 Å². The number of nitrogens with one attached hydrogen (secondary N) is 2. The molecule has 0 fully saturated rings. The van der Waals surface area contributed by atoms with Crippen molar-refractivity contribution >= 4 is 63.0 Å². The summed E-state index contributed by atoms with van der Waals surface area (Å²) in [6, 6.07) is 11.9. The van der Waals surface area contributed by atoms with Crippen LogP contribution in [0.15, 0.2) is 42.5 Å². The fourth-order valence-electron chi connectivity index (χ4n) is 2.93. The Morgan fingerprint density at radius 3 is 2.31 bits per heavy atom. The summed E-state index contributed by atoms with van der Waals surface area (Å²) < 4.78 is 5.14. The van der Waals surface area contributed by atoms with E-state index in [4.69, 9.17) is 27.9 Å². The number of amides is 2. The normalized spacial score (nSPS) is 10.5. The molecular weight excluding hydrogens is 471 g/mol. The molecule has 0 spiro atoms. The Balaban J connectivity index is 1.96. The molecule has 2 N–H and O–H groups in total. The average Bonchev–Trinajstić information content (AvgIpc) is 3.08. The molecule has 1 aromatic heterocycles. The largest absolute Gasteiger partial charge is 0.462 e. The van der Waals surface area contributed by atoms with E-state index in [1.807, 2.05) is 19.1 Å². The molecule has 9 heteroatoms. The van der Waals surface area contributed by atoms with Crippen molar-refractivity contribution in [2.75, 3.05) is 17.2 Å². The number of anilines is 2. The maximum absolute atomic E-state index is 13.0. The first-order chi connectivity index (χ1) is 15.2. The van der Waals surface area contributed by atoms with Gasteiger partial charge in [0.2, 0.25) is 0 Å². The van der Waals surface area contributed by atoms with Gasteiger partial charge in [0.15, 0.2) is 0 Å². The predicted octanol–water partition coefficient (Wildman–Crippen LogP) is 6.35. The SMILES string of the molecule is CCOC(=O)c1c(NC(=O)c2ccc(C)cc2)sc(C(=O)Nc2cccc(Cl)c2Cl)c1C. The fourth-order valence-corrected chi connectivity index (χ4v) is 4.36. The Morgan fingerprint density at radius 1 is 0.969 bits per heavy atom. The van der Waals surface area contributed by atoms with Gasteiger partial charge in [-0.3, -0.25) is 9.59 Å². The van der Waals surface area contributed by atoms with Crippen LogP contribution in [0.4, 0.5) is 10.7 Å². The number of carbonyl (C=O) groups is 3. The average molecular weight is 491 g/mol. The third-order valence-electron chi connectivity index (χ3n) is 4.57. The molecule has 0 bridgehead atoms.